The summed E-state index contributed by atoms with van der Waals surface area (Å²) in [6.45, 7) is 0.377. The van der Waals surface area contributed by atoms with Gasteiger partial charge in [-0.05, 0) is 23.8 Å². The summed E-state index contributed by atoms with van der Waals surface area (Å²) in [5, 5.41) is 16.3. The average molecular weight is 328 g/mol. The molecule has 5 heteroatoms. The topological polar surface area (TPSA) is 70.7 Å². The van der Waals surface area contributed by atoms with E-state index in [9.17, 15) is 10.1 Å². The molecule has 0 aliphatic rings. The van der Waals surface area contributed by atoms with E-state index in [0.717, 1.165) is 11.3 Å². The van der Waals surface area contributed by atoms with Gasteiger partial charge >= 0.3 is 0 Å². The smallest absolute Gasteiger partial charge is 0.262 e. The van der Waals surface area contributed by atoms with Crippen molar-refractivity contribution < 1.29 is 4.79 Å². The molecule has 0 aliphatic carbocycles. The molecule has 0 bridgehead atoms. The Bertz CT molecular complexity index is 921. The molecule has 1 N–H and O–H groups in total. The number of hydrogen-bond acceptors (Lipinski definition) is 3. The number of para-hydroxylation sites is 1. The van der Waals surface area contributed by atoms with E-state index in [4.69, 9.17) is 0 Å². The molecular formula is C20H16N4O. The molecule has 3 rings (SSSR count). The first-order valence-corrected chi connectivity index (χ1v) is 7.80. The Labute approximate surface area is 145 Å². The first-order chi connectivity index (χ1) is 12.3. The highest BCUT2D eigenvalue weighted by Gasteiger charge is 2.09. The highest BCUT2D eigenvalue weighted by Crippen LogP contribution is 2.11. The predicted octanol–water partition coefficient (Wildman–Crippen LogP) is 3.10. The number of nitrogens with one attached hydrogen (secondary N) is 1. The van der Waals surface area contributed by atoms with Crippen LogP contribution in [0, 0.1) is 11.3 Å². The summed E-state index contributed by atoms with van der Waals surface area (Å²) < 4.78 is 1.70. The van der Waals surface area contributed by atoms with Crippen molar-refractivity contribution in [2.24, 2.45) is 0 Å². The maximum Gasteiger partial charge on any atom is 0.262 e. The lowest BCUT2D eigenvalue weighted by molar-refractivity contribution is -0.117. The van der Waals surface area contributed by atoms with Crippen molar-refractivity contribution in [1.82, 2.24) is 15.1 Å². The van der Waals surface area contributed by atoms with Crippen LogP contribution in [0.15, 0.2) is 78.6 Å². The Balaban J connectivity index is 1.71. The number of nitriles is 1. The highest BCUT2D eigenvalue weighted by atomic mass is 16.1. The molecular weight excluding hydrogens is 312 g/mol. The third-order valence-corrected chi connectivity index (χ3v) is 3.60. The van der Waals surface area contributed by atoms with E-state index in [0.29, 0.717) is 12.1 Å². The Morgan fingerprint density at radius 1 is 1.12 bits per heavy atom. The quantitative estimate of drug-likeness (QED) is 0.578. The van der Waals surface area contributed by atoms with E-state index in [1.807, 2.05) is 66.7 Å². The van der Waals surface area contributed by atoms with Gasteiger partial charge in [-0.1, -0.05) is 48.5 Å². The van der Waals surface area contributed by atoms with Gasteiger partial charge in [-0.15, -0.1) is 0 Å². The van der Waals surface area contributed by atoms with Gasteiger partial charge in [0.2, 0.25) is 0 Å². The first-order valence-electron chi connectivity index (χ1n) is 7.80. The molecule has 3 aromatic rings. The van der Waals surface area contributed by atoms with Crippen LogP contribution in [0.1, 0.15) is 11.1 Å². The molecule has 0 fully saturated rings. The lowest BCUT2D eigenvalue weighted by Gasteiger charge is -2.04. The van der Waals surface area contributed by atoms with E-state index >= 15 is 0 Å². The van der Waals surface area contributed by atoms with Crippen molar-refractivity contribution in [3.63, 3.8) is 0 Å². The van der Waals surface area contributed by atoms with Crippen molar-refractivity contribution in [2.75, 3.05) is 0 Å². The van der Waals surface area contributed by atoms with Crippen molar-refractivity contribution in [3.05, 3.63) is 89.8 Å². The minimum absolute atomic E-state index is 0.0449. The summed E-state index contributed by atoms with van der Waals surface area (Å²) in [7, 11) is 0. The van der Waals surface area contributed by atoms with Gasteiger partial charge in [0.05, 0.1) is 11.9 Å². The molecule has 1 heterocycles. The zero-order chi connectivity index (χ0) is 17.5. The summed E-state index contributed by atoms with van der Waals surface area (Å²) in [5.41, 5.74) is 2.62. The Morgan fingerprint density at radius 2 is 1.80 bits per heavy atom. The van der Waals surface area contributed by atoms with Gasteiger partial charge in [-0.25, -0.2) is 4.68 Å². The minimum atomic E-state index is -0.404. The standard InChI is InChI=1S/C20H16N4O/c21-12-18(20(25)22-13-16-7-3-1-4-8-16)11-17-14-23-24(15-17)19-9-5-2-6-10-19/h1-11,14-15H,13H2,(H,22,25)/b18-11+. The zero-order valence-electron chi connectivity index (χ0n) is 13.5. The second kappa shape index (κ2) is 7.75. The van der Waals surface area contributed by atoms with Crippen molar-refractivity contribution in [2.45, 2.75) is 6.54 Å². The van der Waals surface area contributed by atoms with Gasteiger partial charge in [0.1, 0.15) is 11.6 Å². The van der Waals surface area contributed by atoms with Crippen LogP contribution >= 0.6 is 0 Å². The van der Waals surface area contributed by atoms with Gasteiger partial charge in [0.15, 0.2) is 0 Å². The Hall–Kier alpha value is -3.65. The molecule has 25 heavy (non-hydrogen) atoms. The van der Waals surface area contributed by atoms with Crippen LogP contribution < -0.4 is 5.32 Å². The molecule has 1 aromatic heterocycles. The van der Waals surface area contributed by atoms with E-state index in [2.05, 4.69) is 10.4 Å². The molecule has 0 aliphatic heterocycles. The van der Waals surface area contributed by atoms with Crippen LogP contribution in [0.25, 0.3) is 11.8 Å². The van der Waals surface area contributed by atoms with Crippen molar-refractivity contribution >= 4 is 12.0 Å². The third kappa shape index (κ3) is 4.21. The van der Waals surface area contributed by atoms with Gasteiger partial charge < -0.3 is 5.32 Å². The molecule has 122 valence electrons. The number of aromatic nitrogens is 2. The van der Waals surface area contributed by atoms with Crippen LogP contribution in [0.2, 0.25) is 0 Å². The van der Waals surface area contributed by atoms with Crippen LogP contribution in [0.5, 0.6) is 0 Å². The summed E-state index contributed by atoms with van der Waals surface area (Å²) in [6.07, 6.45) is 4.93. The molecule has 0 saturated carbocycles. The third-order valence-electron chi connectivity index (χ3n) is 3.60. The van der Waals surface area contributed by atoms with Crippen molar-refractivity contribution in [1.29, 1.82) is 5.26 Å². The van der Waals surface area contributed by atoms with Gasteiger partial charge in [0.25, 0.3) is 5.91 Å². The maximum atomic E-state index is 12.2. The molecule has 0 unspecified atom stereocenters. The van der Waals surface area contributed by atoms with Gasteiger partial charge in [-0.2, -0.15) is 10.4 Å². The fourth-order valence-corrected chi connectivity index (χ4v) is 2.32. The van der Waals surface area contributed by atoms with E-state index in [1.165, 1.54) is 6.08 Å². The molecule has 0 saturated heterocycles. The normalized spacial score (nSPS) is 10.9. The van der Waals surface area contributed by atoms with Crippen LogP contribution in [-0.4, -0.2) is 15.7 Å². The first kappa shape index (κ1) is 16.2. The highest BCUT2D eigenvalue weighted by molar-refractivity contribution is 6.01. The number of benzene rings is 2. The average Bonchev–Trinajstić information content (AvgIpc) is 3.14. The zero-order valence-corrected chi connectivity index (χ0v) is 13.5. The number of rotatable bonds is 5. The predicted molar refractivity (Wildman–Crippen MR) is 95.4 cm³/mol. The van der Waals surface area contributed by atoms with Gasteiger partial charge in [0, 0.05) is 18.3 Å². The summed E-state index contributed by atoms with van der Waals surface area (Å²) in [6, 6.07) is 21.1. The molecule has 1 amide bonds. The lowest BCUT2D eigenvalue weighted by atomic mass is 10.2. The second-order valence-corrected chi connectivity index (χ2v) is 5.39. The maximum absolute atomic E-state index is 12.2. The van der Waals surface area contributed by atoms with E-state index in [1.54, 1.807) is 17.1 Å². The molecule has 5 nitrogen and oxygen atoms in total. The number of hydrogen-bond donors (Lipinski definition) is 1. The second-order valence-electron chi connectivity index (χ2n) is 5.39. The molecule has 0 atom stereocenters. The van der Waals surface area contributed by atoms with E-state index < -0.39 is 5.91 Å². The number of carbonyl (C=O) groups excluding carboxylic acids is 1. The molecule has 0 radical (unpaired) electrons. The van der Waals surface area contributed by atoms with Crippen LogP contribution in [0.4, 0.5) is 0 Å². The number of carbonyl (C=O) groups is 1. The number of amides is 1. The number of nitrogens with zero attached hydrogens (tertiary/aromatic N) is 3. The summed E-state index contributed by atoms with van der Waals surface area (Å²) >= 11 is 0. The molecule has 0 spiro atoms. The Kier molecular flexibility index (Phi) is 5.03. The largest absolute Gasteiger partial charge is 0.347 e. The van der Waals surface area contributed by atoms with Gasteiger partial charge in [-0.3, -0.25) is 4.79 Å². The lowest BCUT2D eigenvalue weighted by Crippen LogP contribution is -2.23. The minimum Gasteiger partial charge on any atom is -0.347 e. The fourth-order valence-electron chi connectivity index (χ4n) is 2.32. The van der Waals surface area contributed by atoms with Crippen LogP contribution in [-0.2, 0) is 11.3 Å². The van der Waals surface area contributed by atoms with Crippen LogP contribution in [0.3, 0.4) is 0 Å². The monoisotopic (exact) mass is 328 g/mol. The van der Waals surface area contributed by atoms with Crippen molar-refractivity contribution in [3.8, 4) is 11.8 Å². The Morgan fingerprint density at radius 3 is 2.48 bits per heavy atom. The van der Waals surface area contributed by atoms with E-state index in [-0.39, 0.29) is 5.57 Å². The summed E-state index contributed by atoms with van der Waals surface area (Å²) in [4.78, 5) is 12.2. The summed E-state index contributed by atoms with van der Waals surface area (Å²) in [5.74, 6) is -0.404. The SMILES string of the molecule is N#C/C(=C\c1cnn(-c2ccccc2)c1)C(=O)NCc1ccccc1. The molecule has 2 aromatic carbocycles. The fraction of sp³-hybridized carbons (Fsp3) is 0.0500.